The van der Waals surface area contributed by atoms with E-state index < -0.39 is 5.91 Å². The summed E-state index contributed by atoms with van der Waals surface area (Å²) in [7, 11) is 0. The van der Waals surface area contributed by atoms with Crippen molar-refractivity contribution in [2.45, 2.75) is 6.54 Å². The molecule has 98 valence electrons. The first-order valence-electron chi connectivity index (χ1n) is 5.37. The monoisotopic (exact) mass is 296 g/mol. The molecule has 3 N–H and O–H groups in total. The molecule has 1 aromatic carbocycles. The SMILES string of the molecule is NC(=O)c1cnc(Cl)nc1NCc1ccc(Cl)cc1. The van der Waals surface area contributed by atoms with Crippen molar-refractivity contribution in [2.75, 3.05) is 5.32 Å². The van der Waals surface area contributed by atoms with E-state index >= 15 is 0 Å². The minimum absolute atomic E-state index is 0.0450. The van der Waals surface area contributed by atoms with E-state index in [0.717, 1.165) is 5.56 Å². The lowest BCUT2D eigenvalue weighted by Crippen LogP contribution is -2.16. The van der Waals surface area contributed by atoms with Crippen LogP contribution in [-0.4, -0.2) is 15.9 Å². The molecule has 2 aromatic rings. The van der Waals surface area contributed by atoms with Crippen LogP contribution in [0, 0.1) is 0 Å². The quantitative estimate of drug-likeness (QED) is 0.850. The zero-order valence-corrected chi connectivity index (χ0v) is 11.2. The topological polar surface area (TPSA) is 80.9 Å². The van der Waals surface area contributed by atoms with E-state index in [4.69, 9.17) is 28.9 Å². The molecular weight excluding hydrogens is 287 g/mol. The number of carbonyl (C=O) groups is 1. The van der Waals surface area contributed by atoms with Crippen molar-refractivity contribution < 1.29 is 4.79 Å². The van der Waals surface area contributed by atoms with Crippen molar-refractivity contribution in [1.82, 2.24) is 9.97 Å². The van der Waals surface area contributed by atoms with E-state index in [2.05, 4.69) is 15.3 Å². The zero-order valence-electron chi connectivity index (χ0n) is 9.73. The highest BCUT2D eigenvalue weighted by Crippen LogP contribution is 2.15. The van der Waals surface area contributed by atoms with Gasteiger partial charge in [-0.2, -0.15) is 4.98 Å². The van der Waals surface area contributed by atoms with E-state index in [0.29, 0.717) is 17.4 Å². The molecule has 1 heterocycles. The Hall–Kier alpha value is -1.85. The van der Waals surface area contributed by atoms with E-state index in [1.807, 2.05) is 12.1 Å². The summed E-state index contributed by atoms with van der Waals surface area (Å²) in [5.74, 6) is -0.308. The Bertz CT molecular complexity index is 601. The summed E-state index contributed by atoms with van der Waals surface area (Å²) in [6.07, 6.45) is 1.29. The van der Waals surface area contributed by atoms with Gasteiger partial charge in [-0.15, -0.1) is 0 Å². The summed E-state index contributed by atoms with van der Waals surface area (Å²) in [5.41, 5.74) is 6.41. The van der Waals surface area contributed by atoms with Crippen molar-refractivity contribution >= 4 is 34.9 Å². The first-order chi connectivity index (χ1) is 9.06. The summed E-state index contributed by atoms with van der Waals surface area (Å²) in [5, 5.41) is 3.70. The van der Waals surface area contributed by atoms with Crippen molar-refractivity contribution in [1.29, 1.82) is 0 Å². The number of nitrogens with one attached hydrogen (secondary N) is 1. The van der Waals surface area contributed by atoms with Crippen molar-refractivity contribution in [3.05, 3.63) is 51.9 Å². The number of nitrogens with two attached hydrogens (primary N) is 1. The molecule has 0 bridgehead atoms. The molecule has 0 spiro atoms. The van der Waals surface area contributed by atoms with E-state index in [1.165, 1.54) is 6.20 Å². The molecule has 0 aliphatic rings. The van der Waals surface area contributed by atoms with Gasteiger partial charge in [0.05, 0.1) is 5.56 Å². The lowest BCUT2D eigenvalue weighted by molar-refractivity contribution is 0.100. The molecule has 5 nitrogen and oxygen atoms in total. The van der Waals surface area contributed by atoms with Gasteiger partial charge >= 0.3 is 0 Å². The number of primary amides is 1. The van der Waals surface area contributed by atoms with Gasteiger partial charge in [-0.25, -0.2) is 4.98 Å². The van der Waals surface area contributed by atoms with Gasteiger partial charge in [-0.3, -0.25) is 4.79 Å². The Morgan fingerprint density at radius 3 is 2.58 bits per heavy atom. The average Bonchev–Trinajstić information content (AvgIpc) is 2.38. The molecule has 0 aliphatic carbocycles. The molecule has 0 aliphatic heterocycles. The van der Waals surface area contributed by atoms with Crippen LogP contribution in [0.25, 0.3) is 0 Å². The first kappa shape index (κ1) is 13.6. The highest BCUT2D eigenvalue weighted by molar-refractivity contribution is 6.30. The molecule has 0 radical (unpaired) electrons. The molecule has 19 heavy (non-hydrogen) atoms. The largest absolute Gasteiger partial charge is 0.365 e. The highest BCUT2D eigenvalue weighted by Gasteiger charge is 2.11. The van der Waals surface area contributed by atoms with E-state index in [9.17, 15) is 4.79 Å². The van der Waals surface area contributed by atoms with Gasteiger partial charge in [-0.1, -0.05) is 23.7 Å². The minimum Gasteiger partial charge on any atom is -0.365 e. The standard InChI is InChI=1S/C12H10Cl2N4O/c13-8-3-1-7(2-4-8)5-16-11-9(10(15)19)6-17-12(14)18-11/h1-4,6H,5H2,(H2,15,19)(H,16,17,18). The van der Waals surface area contributed by atoms with Gasteiger partial charge in [0.1, 0.15) is 5.82 Å². The molecule has 0 unspecified atom stereocenters. The Balaban J connectivity index is 2.16. The Morgan fingerprint density at radius 2 is 1.95 bits per heavy atom. The molecule has 0 saturated carbocycles. The van der Waals surface area contributed by atoms with Gasteiger partial charge in [0.15, 0.2) is 0 Å². The fraction of sp³-hybridized carbons (Fsp3) is 0.0833. The number of hydrogen-bond donors (Lipinski definition) is 2. The van der Waals surface area contributed by atoms with Crippen molar-refractivity contribution in [3.63, 3.8) is 0 Å². The smallest absolute Gasteiger partial charge is 0.254 e. The Labute approximate surface area is 119 Å². The summed E-state index contributed by atoms with van der Waals surface area (Å²) in [6, 6.07) is 7.28. The van der Waals surface area contributed by atoms with E-state index in [-0.39, 0.29) is 10.8 Å². The van der Waals surface area contributed by atoms with Crippen LogP contribution in [0.5, 0.6) is 0 Å². The number of anilines is 1. The van der Waals surface area contributed by atoms with Crippen LogP contribution in [0.3, 0.4) is 0 Å². The summed E-state index contributed by atoms with van der Waals surface area (Å²) < 4.78 is 0. The summed E-state index contributed by atoms with van der Waals surface area (Å²) in [4.78, 5) is 18.9. The number of rotatable bonds is 4. The van der Waals surface area contributed by atoms with Crippen LogP contribution < -0.4 is 11.1 Å². The normalized spacial score (nSPS) is 10.2. The Kier molecular flexibility index (Phi) is 4.19. The van der Waals surface area contributed by atoms with Crippen molar-refractivity contribution in [2.24, 2.45) is 5.73 Å². The van der Waals surface area contributed by atoms with Gasteiger partial charge in [0, 0.05) is 17.8 Å². The first-order valence-corrected chi connectivity index (χ1v) is 6.12. The second kappa shape index (κ2) is 5.86. The lowest BCUT2D eigenvalue weighted by Gasteiger charge is -2.09. The van der Waals surface area contributed by atoms with Gasteiger partial charge in [-0.05, 0) is 29.3 Å². The molecule has 0 fully saturated rings. The average molecular weight is 297 g/mol. The molecule has 2 rings (SSSR count). The van der Waals surface area contributed by atoms with Crippen LogP contribution in [0.1, 0.15) is 15.9 Å². The third kappa shape index (κ3) is 3.56. The number of nitrogens with zero attached hydrogens (tertiary/aromatic N) is 2. The van der Waals surface area contributed by atoms with E-state index in [1.54, 1.807) is 12.1 Å². The molecule has 1 aromatic heterocycles. The predicted octanol–water partition coefficient (Wildman–Crippen LogP) is 2.49. The molecular formula is C12H10Cl2N4O. The summed E-state index contributed by atoms with van der Waals surface area (Å²) in [6.45, 7) is 0.463. The Morgan fingerprint density at radius 1 is 1.26 bits per heavy atom. The predicted molar refractivity (Wildman–Crippen MR) is 74.3 cm³/mol. The van der Waals surface area contributed by atoms with Crippen molar-refractivity contribution in [3.8, 4) is 0 Å². The second-order valence-electron chi connectivity index (χ2n) is 3.75. The number of carbonyl (C=O) groups excluding carboxylic acids is 1. The summed E-state index contributed by atoms with van der Waals surface area (Å²) >= 11 is 11.5. The fourth-order valence-electron chi connectivity index (χ4n) is 1.46. The third-order valence-corrected chi connectivity index (χ3v) is 2.83. The van der Waals surface area contributed by atoms with Crippen LogP contribution in [0.2, 0.25) is 10.3 Å². The molecule has 0 saturated heterocycles. The lowest BCUT2D eigenvalue weighted by atomic mass is 10.2. The maximum atomic E-state index is 11.2. The van der Waals surface area contributed by atoms with Crippen LogP contribution in [0.4, 0.5) is 5.82 Å². The number of amides is 1. The minimum atomic E-state index is -0.615. The second-order valence-corrected chi connectivity index (χ2v) is 4.52. The highest BCUT2D eigenvalue weighted by atomic mass is 35.5. The van der Waals surface area contributed by atoms with Gasteiger partial charge < -0.3 is 11.1 Å². The van der Waals surface area contributed by atoms with Crippen LogP contribution in [-0.2, 0) is 6.54 Å². The number of hydrogen-bond acceptors (Lipinski definition) is 4. The molecule has 7 heteroatoms. The zero-order chi connectivity index (χ0) is 13.8. The fourth-order valence-corrected chi connectivity index (χ4v) is 1.72. The molecule has 0 atom stereocenters. The van der Waals surface area contributed by atoms with Gasteiger partial charge in [0.2, 0.25) is 5.28 Å². The van der Waals surface area contributed by atoms with Crippen LogP contribution in [0.15, 0.2) is 30.5 Å². The number of benzene rings is 1. The maximum Gasteiger partial charge on any atom is 0.254 e. The maximum absolute atomic E-state index is 11.2. The van der Waals surface area contributed by atoms with Crippen LogP contribution >= 0.6 is 23.2 Å². The third-order valence-electron chi connectivity index (χ3n) is 2.40. The molecule has 1 amide bonds. The number of aromatic nitrogens is 2. The van der Waals surface area contributed by atoms with Gasteiger partial charge in [0.25, 0.3) is 5.91 Å². The number of halogens is 2.